The van der Waals surface area contributed by atoms with Crippen LogP contribution in [0.5, 0.6) is 0 Å². The maximum Gasteiger partial charge on any atom is 0.393 e. The summed E-state index contributed by atoms with van der Waals surface area (Å²) in [5.41, 5.74) is 0.971. The number of thioether (sulfide) groups is 1. The van der Waals surface area contributed by atoms with E-state index < -0.39 is 22.6 Å². The third-order valence-corrected chi connectivity index (χ3v) is 10.1. The minimum absolute atomic E-state index is 0.0764. The summed E-state index contributed by atoms with van der Waals surface area (Å²) in [7, 11) is -3.40. The van der Waals surface area contributed by atoms with Crippen LogP contribution in [0.25, 0.3) is 0 Å². The molecule has 200 valence electrons. The lowest BCUT2D eigenvalue weighted by atomic mass is 10.0. The number of fused-ring (bicyclic) bond motifs is 1. The Morgan fingerprint density at radius 1 is 1.19 bits per heavy atom. The molecule has 0 radical (unpaired) electrons. The summed E-state index contributed by atoms with van der Waals surface area (Å²) < 4.78 is 65.3. The van der Waals surface area contributed by atoms with Crippen molar-refractivity contribution in [3.8, 4) is 0 Å². The normalized spacial score (nSPS) is 24.0. The number of rotatable bonds is 6. The molecule has 3 heterocycles. The zero-order valence-corrected chi connectivity index (χ0v) is 22.0. The Balaban J connectivity index is 1.16. The highest BCUT2D eigenvalue weighted by Crippen LogP contribution is 2.44. The molecule has 0 bridgehead atoms. The molecule has 2 atom stereocenters. The van der Waals surface area contributed by atoms with Crippen molar-refractivity contribution in [1.29, 1.82) is 0 Å². The molecule has 2 unspecified atom stereocenters. The number of anilines is 1. The molecule has 5 rings (SSSR count). The van der Waals surface area contributed by atoms with Gasteiger partial charge in [0.05, 0.1) is 24.0 Å². The van der Waals surface area contributed by atoms with Gasteiger partial charge in [-0.1, -0.05) is 23.7 Å². The van der Waals surface area contributed by atoms with Gasteiger partial charge in [0.25, 0.3) is 0 Å². The first-order valence-corrected chi connectivity index (χ1v) is 14.7. The van der Waals surface area contributed by atoms with Crippen molar-refractivity contribution in [1.82, 2.24) is 9.80 Å². The molecule has 0 spiro atoms. The zero-order valence-electron chi connectivity index (χ0n) is 19.6. The second kappa shape index (κ2) is 10.1. The molecular weight excluding hydrogens is 551 g/mol. The maximum absolute atomic E-state index is 12.9. The van der Waals surface area contributed by atoms with Crippen molar-refractivity contribution in [2.75, 3.05) is 30.9 Å². The Kier molecular flexibility index (Phi) is 7.22. The molecule has 14 heteroatoms. The highest BCUT2D eigenvalue weighted by atomic mass is 35.5. The number of hydrogen-bond acceptors (Lipinski definition) is 7. The second-order valence-corrected chi connectivity index (χ2v) is 13.0. The smallest absolute Gasteiger partial charge is 0.356 e. The van der Waals surface area contributed by atoms with Crippen LogP contribution >= 0.6 is 23.4 Å². The van der Waals surface area contributed by atoms with E-state index in [0.29, 0.717) is 61.1 Å². The molecular formula is C23H25ClF3N5O3S2. The highest BCUT2D eigenvalue weighted by Gasteiger charge is 2.40. The van der Waals surface area contributed by atoms with Crippen LogP contribution < -0.4 is 4.72 Å². The molecule has 1 saturated heterocycles. The molecule has 1 amide bonds. The molecule has 3 aliphatic heterocycles. The molecule has 37 heavy (non-hydrogen) atoms. The Morgan fingerprint density at radius 2 is 1.92 bits per heavy atom. The fourth-order valence-electron chi connectivity index (χ4n) is 4.55. The summed E-state index contributed by atoms with van der Waals surface area (Å²) in [6, 6.07) is 4.77. The number of piperazine rings is 1. The van der Waals surface area contributed by atoms with Gasteiger partial charge in [0, 0.05) is 36.9 Å². The second-order valence-electron chi connectivity index (χ2n) is 9.41. The Bertz CT molecular complexity index is 1270. The first-order chi connectivity index (χ1) is 17.5. The molecule has 1 saturated carbocycles. The van der Waals surface area contributed by atoms with Crippen LogP contribution in [0.1, 0.15) is 24.8 Å². The number of carbonyl (C=O) groups excluding carboxylic acids is 1. The number of allylic oxidation sites excluding steroid dienone is 1. The number of amides is 1. The van der Waals surface area contributed by atoms with E-state index in [1.54, 1.807) is 23.1 Å². The predicted octanol–water partition coefficient (Wildman–Crippen LogP) is 3.90. The summed E-state index contributed by atoms with van der Waals surface area (Å²) >= 11 is 7.47. The number of carbonyl (C=O) groups is 1. The minimum Gasteiger partial charge on any atom is -0.356 e. The van der Waals surface area contributed by atoms with Crippen LogP contribution in [-0.2, 0) is 21.2 Å². The summed E-state index contributed by atoms with van der Waals surface area (Å²) in [5.74, 6) is 0.259. The zero-order chi connectivity index (χ0) is 26.4. The van der Waals surface area contributed by atoms with Gasteiger partial charge in [0.1, 0.15) is 17.5 Å². The molecule has 4 aliphatic rings. The number of hydrogen-bond donors (Lipinski definition) is 1. The highest BCUT2D eigenvalue weighted by molar-refractivity contribution is 8.04. The van der Waals surface area contributed by atoms with Crippen molar-refractivity contribution in [3.05, 3.63) is 39.8 Å². The van der Waals surface area contributed by atoms with Crippen molar-refractivity contribution in [2.45, 2.75) is 42.5 Å². The van der Waals surface area contributed by atoms with Gasteiger partial charge in [-0.15, -0.1) is 11.8 Å². The summed E-state index contributed by atoms with van der Waals surface area (Å²) in [5, 5.41) is -0.386. The number of benzene rings is 1. The monoisotopic (exact) mass is 575 g/mol. The van der Waals surface area contributed by atoms with Gasteiger partial charge in [-0.25, -0.2) is 13.4 Å². The van der Waals surface area contributed by atoms with Gasteiger partial charge in [-0.05, 0) is 35.4 Å². The van der Waals surface area contributed by atoms with Gasteiger partial charge in [-0.3, -0.25) is 14.5 Å². The number of alkyl halides is 3. The van der Waals surface area contributed by atoms with Crippen molar-refractivity contribution in [2.24, 2.45) is 15.9 Å². The van der Waals surface area contributed by atoms with Crippen LogP contribution in [0.4, 0.5) is 18.9 Å². The van der Waals surface area contributed by atoms with E-state index in [1.807, 2.05) is 4.90 Å². The summed E-state index contributed by atoms with van der Waals surface area (Å²) in [4.78, 5) is 25.5. The van der Waals surface area contributed by atoms with Gasteiger partial charge >= 0.3 is 6.18 Å². The lowest BCUT2D eigenvalue weighted by Gasteiger charge is -2.39. The quantitative estimate of drug-likeness (QED) is 0.555. The lowest BCUT2D eigenvalue weighted by Crippen LogP contribution is -2.53. The topological polar surface area (TPSA) is 94.4 Å². The lowest BCUT2D eigenvalue weighted by molar-refractivity contribution is -0.131. The Labute approximate surface area is 222 Å². The van der Waals surface area contributed by atoms with Crippen LogP contribution in [0.3, 0.4) is 0 Å². The molecule has 1 aromatic carbocycles. The van der Waals surface area contributed by atoms with E-state index >= 15 is 0 Å². The van der Waals surface area contributed by atoms with E-state index in [4.69, 9.17) is 11.6 Å². The number of halogens is 4. The molecule has 1 aliphatic carbocycles. The van der Waals surface area contributed by atoms with E-state index in [0.717, 1.165) is 11.8 Å². The average Bonchev–Trinajstić information content (AvgIpc) is 3.61. The number of aliphatic imine (C=N–C) groups is 2. The van der Waals surface area contributed by atoms with Gasteiger partial charge < -0.3 is 9.80 Å². The maximum atomic E-state index is 12.9. The fraction of sp³-hybridized carbons (Fsp3) is 0.522. The van der Waals surface area contributed by atoms with E-state index in [1.165, 1.54) is 12.4 Å². The molecule has 1 aromatic rings. The van der Waals surface area contributed by atoms with E-state index in [9.17, 15) is 26.4 Å². The Morgan fingerprint density at radius 3 is 2.57 bits per heavy atom. The van der Waals surface area contributed by atoms with Crippen LogP contribution in [0.2, 0.25) is 5.02 Å². The number of sulfonamides is 1. The van der Waals surface area contributed by atoms with Crippen LogP contribution in [0, 0.1) is 5.92 Å². The SMILES string of the molecule is O=C(Cc1ccc(NS(=O)(=O)C2CC2)cc1Cl)N1CCN(C2=NC=NC3SC(CC(F)(F)F)=CC23)CC1. The minimum atomic E-state index is -4.27. The largest absolute Gasteiger partial charge is 0.393 e. The number of amidine groups is 1. The van der Waals surface area contributed by atoms with E-state index in [2.05, 4.69) is 14.7 Å². The Hall–Kier alpha value is -2.25. The predicted molar refractivity (Wildman–Crippen MR) is 138 cm³/mol. The van der Waals surface area contributed by atoms with E-state index in [-0.39, 0.29) is 33.8 Å². The molecule has 8 nitrogen and oxygen atoms in total. The van der Waals surface area contributed by atoms with Crippen molar-refractivity contribution >= 4 is 57.2 Å². The van der Waals surface area contributed by atoms with Crippen molar-refractivity contribution < 1.29 is 26.4 Å². The average molecular weight is 576 g/mol. The standard InChI is InChI=1S/C23H25ClF3N5O3S2/c24-19-10-15(30-37(34,35)17-3-4-17)2-1-14(19)9-20(33)31-5-7-32(8-6-31)21-18-11-16(12-23(25,26)27)36-22(18)29-13-28-21/h1-2,10-11,13,17-18,22,30H,3-9,12H2. The summed E-state index contributed by atoms with van der Waals surface area (Å²) in [6.45, 7) is 1.89. The van der Waals surface area contributed by atoms with Gasteiger partial charge in [0.2, 0.25) is 15.9 Å². The van der Waals surface area contributed by atoms with Crippen molar-refractivity contribution in [3.63, 3.8) is 0 Å². The number of nitrogens with one attached hydrogen (secondary N) is 1. The third kappa shape index (κ3) is 6.26. The van der Waals surface area contributed by atoms with Gasteiger partial charge in [0.15, 0.2) is 0 Å². The van der Waals surface area contributed by atoms with Gasteiger partial charge in [-0.2, -0.15) is 13.2 Å². The third-order valence-electron chi connectivity index (χ3n) is 6.60. The van der Waals surface area contributed by atoms with Crippen LogP contribution in [-0.4, -0.2) is 79.3 Å². The van der Waals surface area contributed by atoms with Crippen LogP contribution in [0.15, 0.2) is 39.2 Å². The summed E-state index contributed by atoms with van der Waals surface area (Å²) in [6.07, 6.45) is -0.834. The number of nitrogens with zero attached hydrogens (tertiary/aromatic N) is 4. The first kappa shape index (κ1) is 26.4. The molecule has 1 N–H and O–H groups in total. The molecule has 0 aromatic heterocycles. The fourth-order valence-corrected chi connectivity index (χ4v) is 7.42. The molecule has 2 fully saturated rings. The first-order valence-electron chi connectivity index (χ1n) is 11.8.